The molecule has 3 aliphatic rings. The molecule has 3 aliphatic heterocycles. The lowest BCUT2D eigenvalue weighted by Crippen LogP contribution is -2.59. The Kier molecular flexibility index (Phi) is 7.31. The molecule has 7 atom stereocenters. The average Bonchev–Trinajstić information content (AvgIpc) is 3.34. The van der Waals surface area contributed by atoms with E-state index in [9.17, 15) is 19.5 Å². The van der Waals surface area contributed by atoms with Crippen molar-refractivity contribution in [3.05, 3.63) is 0 Å². The second-order valence-corrected chi connectivity index (χ2v) is 9.78. The van der Waals surface area contributed by atoms with Crippen LogP contribution in [0.3, 0.4) is 0 Å². The molecule has 0 aromatic rings. The van der Waals surface area contributed by atoms with Crippen LogP contribution in [0.2, 0.25) is 0 Å². The van der Waals surface area contributed by atoms with Crippen LogP contribution >= 0.6 is 0 Å². The van der Waals surface area contributed by atoms with Crippen LogP contribution in [-0.2, 0) is 19.1 Å². The first kappa shape index (κ1) is 24.0. The van der Waals surface area contributed by atoms with Crippen LogP contribution in [0.15, 0.2) is 0 Å². The van der Waals surface area contributed by atoms with Gasteiger partial charge in [-0.05, 0) is 38.5 Å². The van der Waals surface area contributed by atoms with Gasteiger partial charge in [0.1, 0.15) is 11.6 Å². The Bertz CT molecular complexity index is 699. The molecule has 3 unspecified atom stereocenters. The normalized spacial score (nSPS) is 33.5. The third kappa shape index (κ3) is 3.97. The van der Waals surface area contributed by atoms with E-state index in [0.717, 1.165) is 19.3 Å². The highest BCUT2D eigenvalue weighted by atomic mass is 16.5. The third-order valence-electron chi connectivity index (χ3n) is 7.26. The first-order valence-corrected chi connectivity index (χ1v) is 11.9. The number of nitrogens with zero attached hydrogens (tertiary/aromatic N) is 1. The van der Waals surface area contributed by atoms with Gasteiger partial charge in [-0.3, -0.25) is 14.4 Å². The highest BCUT2D eigenvalue weighted by Gasteiger charge is 2.75. The van der Waals surface area contributed by atoms with Crippen molar-refractivity contribution < 1.29 is 24.2 Å². The van der Waals surface area contributed by atoms with Crippen molar-refractivity contribution in [3.8, 4) is 0 Å². The lowest BCUT2D eigenvalue weighted by molar-refractivity contribution is -0.147. The zero-order chi connectivity index (χ0) is 22.9. The van der Waals surface area contributed by atoms with E-state index in [1.165, 1.54) is 0 Å². The third-order valence-corrected chi connectivity index (χ3v) is 7.26. The van der Waals surface area contributed by atoms with E-state index in [2.05, 4.69) is 17.6 Å². The minimum atomic E-state index is -1.01. The van der Waals surface area contributed by atoms with Gasteiger partial charge in [-0.2, -0.15) is 0 Å². The number of hydrogen-bond donors (Lipinski definition) is 3. The Morgan fingerprint density at radius 1 is 1.23 bits per heavy atom. The lowest BCUT2D eigenvalue weighted by Gasteiger charge is -2.38. The van der Waals surface area contributed by atoms with E-state index in [-0.39, 0.29) is 42.4 Å². The maximum Gasteiger partial charge on any atom is 0.246 e. The van der Waals surface area contributed by atoms with Gasteiger partial charge in [0, 0.05) is 12.6 Å². The summed E-state index contributed by atoms with van der Waals surface area (Å²) in [6, 6.07) is -1.37. The summed E-state index contributed by atoms with van der Waals surface area (Å²) in [6.07, 6.45) is 3.46. The summed E-state index contributed by atoms with van der Waals surface area (Å²) in [7, 11) is 0. The van der Waals surface area contributed by atoms with Gasteiger partial charge in [0.15, 0.2) is 0 Å². The van der Waals surface area contributed by atoms with Crippen molar-refractivity contribution in [2.45, 2.75) is 96.6 Å². The molecule has 3 fully saturated rings. The standard InChI is InChI=1S/C23H39N3O5/c1-6-8-14(5)25-21(29)19-23-10-9-16(31-23)17(20(28)24-11-7-2)18(23)22(30)26(19)15(12-27)13(3)4/h13-19,27H,6-12H2,1-5H3,(H,24,28)(H,25,29)/t14?,15-,16+,17-,18-,19?,23?/m0/s1. The SMILES string of the molecule is CCCNC(=O)[C@@H]1[C@H]2C(=O)N([C@@H](CO)C(C)C)C(C(=O)NC(C)CCC)C23CC[C@H]1O3. The first-order valence-electron chi connectivity index (χ1n) is 11.9. The summed E-state index contributed by atoms with van der Waals surface area (Å²) in [5.41, 5.74) is -1.01. The lowest BCUT2D eigenvalue weighted by atomic mass is 9.70. The fourth-order valence-corrected chi connectivity index (χ4v) is 5.86. The number of aliphatic hydroxyl groups excluding tert-OH is 1. The first-order chi connectivity index (χ1) is 14.7. The van der Waals surface area contributed by atoms with Crippen molar-refractivity contribution in [2.75, 3.05) is 13.2 Å². The van der Waals surface area contributed by atoms with Gasteiger partial charge in [-0.1, -0.05) is 34.1 Å². The predicted octanol–water partition coefficient (Wildman–Crippen LogP) is 1.21. The van der Waals surface area contributed by atoms with Gasteiger partial charge in [0.25, 0.3) is 0 Å². The summed E-state index contributed by atoms with van der Waals surface area (Å²) in [6.45, 7) is 10.2. The zero-order valence-corrected chi connectivity index (χ0v) is 19.5. The highest BCUT2D eigenvalue weighted by Crippen LogP contribution is 2.59. The predicted molar refractivity (Wildman–Crippen MR) is 116 cm³/mol. The topological polar surface area (TPSA) is 108 Å². The molecule has 3 amide bonds. The summed E-state index contributed by atoms with van der Waals surface area (Å²) in [5, 5.41) is 16.1. The van der Waals surface area contributed by atoms with Crippen molar-refractivity contribution in [1.29, 1.82) is 0 Å². The number of hydrogen-bond acceptors (Lipinski definition) is 5. The monoisotopic (exact) mass is 437 g/mol. The van der Waals surface area contributed by atoms with Gasteiger partial charge < -0.3 is 25.4 Å². The second-order valence-electron chi connectivity index (χ2n) is 9.78. The van der Waals surface area contributed by atoms with E-state index < -0.39 is 29.5 Å². The van der Waals surface area contributed by atoms with Crippen LogP contribution in [0.5, 0.6) is 0 Å². The fraction of sp³-hybridized carbons (Fsp3) is 0.870. The van der Waals surface area contributed by atoms with Gasteiger partial charge in [-0.25, -0.2) is 0 Å². The molecule has 0 aromatic heterocycles. The molecule has 8 heteroatoms. The molecular weight excluding hydrogens is 398 g/mol. The minimum absolute atomic E-state index is 0.0289. The number of ether oxygens (including phenoxy) is 1. The second kappa shape index (κ2) is 9.45. The van der Waals surface area contributed by atoms with E-state index >= 15 is 0 Å². The number of nitrogens with one attached hydrogen (secondary N) is 2. The highest BCUT2D eigenvalue weighted by molar-refractivity contribution is 5.99. The molecule has 0 aliphatic carbocycles. The summed E-state index contributed by atoms with van der Waals surface area (Å²) < 4.78 is 6.38. The van der Waals surface area contributed by atoms with E-state index in [0.29, 0.717) is 19.4 Å². The summed E-state index contributed by atoms with van der Waals surface area (Å²) in [5.74, 6) is -1.98. The summed E-state index contributed by atoms with van der Waals surface area (Å²) in [4.78, 5) is 41.8. The molecule has 0 saturated carbocycles. The number of likely N-dealkylation sites (tertiary alicyclic amines) is 1. The molecule has 3 saturated heterocycles. The van der Waals surface area contributed by atoms with Gasteiger partial charge in [-0.15, -0.1) is 0 Å². The molecular formula is C23H39N3O5. The van der Waals surface area contributed by atoms with Crippen molar-refractivity contribution in [1.82, 2.24) is 15.5 Å². The molecule has 2 bridgehead atoms. The molecule has 3 rings (SSSR count). The molecule has 0 radical (unpaired) electrons. The smallest absolute Gasteiger partial charge is 0.246 e. The number of rotatable bonds is 10. The Balaban J connectivity index is 1.99. The Hall–Kier alpha value is -1.67. The molecule has 3 N–H and O–H groups in total. The molecule has 8 nitrogen and oxygen atoms in total. The van der Waals surface area contributed by atoms with Crippen LogP contribution in [0.4, 0.5) is 0 Å². The van der Waals surface area contributed by atoms with Gasteiger partial charge >= 0.3 is 0 Å². The van der Waals surface area contributed by atoms with Crippen LogP contribution in [0, 0.1) is 17.8 Å². The zero-order valence-electron chi connectivity index (χ0n) is 19.5. The van der Waals surface area contributed by atoms with E-state index in [1.807, 2.05) is 27.7 Å². The molecule has 31 heavy (non-hydrogen) atoms. The largest absolute Gasteiger partial charge is 0.394 e. The van der Waals surface area contributed by atoms with Gasteiger partial charge in [0.05, 0.1) is 30.6 Å². The number of amides is 3. The molecule has 0 aromatic carbocycles. The average molecular weight is 438 g/mol. The van der Waals surface area contributed by atoms with Crippen molar-refractivity contribution in [3.63, 3.8) is 0 Å². The number of aliphatic hydroxyl groups is 1. The van der Waals surface area contributed by atoms with Gasteiger partial charge in [0.2, 0.25) is 17.7 Å². The fourth-order valence-electron chi connectivity index (χ4n) is 5.86. The maximum absolute atomic E-state index is 13.8. The molecule has 1 spiro atoms. The minimum Gasteiger partial charge on any atom is -0.394 e. The van der Waals surface area contributed by atoms with E-state index in [4.69, 9.17) is 4.74 Å². The Morgan fingerprint density at radius 3 is 2.52 bits per heavy atom. The quantitative estimate of drug-likeness (QED) is 0.476. The summed E-state index contributed by atoms with van der Waals surface area (Å²) >= 11 is 0. The number of carbonyl (C=O) groups excluding carboxylic acids is 3. The molecule has 3 heterocycles. The maximum atomic E-state index is 13.8. The van der Waals surface area contributed by atoms with E-state index in [1.54, 1.807) is 4.90 Å². The number of fused-ring (bicyclic) bond motifs is 1. The van der Waals surface area contributed by atoms with Crippen LogP contribution in [0.1, 0.15) is 66.7 Å². The Morgan fingerprint density at radius 2 is 1.94 bits per heavy atom. The molecule has 176 valence electrons. The van der Waals surface area contributed by atoms with Crippen LogP contribution in [0.25, 0.3) is 0 Å². The Labute approximate surface area is 185 Å². The van der Waals surface area contributed by atoms with Crippen LogP contribution in [-0.4, -0.2) is 70.7 Å². The van der Waals surface area contributed by atoms with Crippen molar-refractivity contribution >= 4 is 17.7 Å². The van der Waals surface area contributed by atoms with Crippen molar-refractivity contribution in [2.24, 2.45) is 17.8 Å². The number of carbonyl (C=O) groups is 3. The van der Waals surface area contributed by atoms with Crippen LogP contribution < -0.4 is 10.6 Å².